The molecular formula is C9H5BrClFN2. The molecule has 0 saturated carbocycles. The summed E-state index contributed by atoms with van der Waals surface area (Å²) in [5, 5.41) is 0.483. The third-order valence-electron chi connectivity index (χ3n) is 1.78. The van der Waals surface area contributed by atoms with Gasteiger partial charge in [0.05, 0.1) is 6.33 Å². The summed E-state index contributed by atoms with van der Waals surface area (Å²) < 4.78 is 14.0. The van der Waals surface area contributed by atoms with Crippen molar-refractivity contribution in [3.05, 3.63) is 40.0 Å². The van der Waals surface area contributed by atoms with E-state index in [0.717, 1.165) is 0 Å². The molecular weight excluding hydrogens is 270 g/mol. The number of imidazole rings is 1. The molecule has 2 nitrogen and oxygen atoms in total. The van der Waals surface area contributed by atoms with E-state index in [1.807, 2.05) is 0 Å². The Bertz CT molecular complexity index is 470. The predicted octanol–water partition coefficient (Wildman–Crippen LogP) is 3.63. The Hall–Kier alpha value is -0.870. The van der Waals surface area contributed by atoms with Gasteiger partial charge in [-0.1, -0.05) is 11.6 Å². The van der Waals surface area contributed by atoms with Crippen molar-refractivity contribution in [2.45, 2.75) is 0 Å². The lowest BCUT2D eigenvalue weighted by molar-refractivity contribution is 0.631. The van der Waals surface area contributed by atoms with Gasteiger partial charge < -0.3 is 4.98 Å². The molecule has 0 aliphatic carbocycles. The van der Waals surface area contributed by atoms with Crippen molar-refractivity contribution < 1.29 is 4.39 Å². The third kappa shape index (κ3) is 1.67. The standard InChI is InChI=1S/C9H5BrClFN2/c10-9-8(13-4-14-9)6-3-5(11)1-2-7(6)12/h1-4H,(H,13,14). The highest BCUT2D eigenvalue weighted by atomic mass is 79.9. The van der Waals surface area contributed by atoms with Gasteiger partial charge in [0, 0.05) is 10.6 Å². The average Bonchev–Trinajstić information content (AvgIpc) is 2.56. The minimum Gasteiger partial charge on any atom is -0.339 e. The van der Waals surface area contributed by atoms with E-state index < -0.39 is 0 Å². The lowest BCUT2D eigenvalue weighted by Crippen LogP contribution is -1.85. The molecule has 0 radical (unpaired) electrons. The van der Waals surface area contributed by atoms with Crippen LogP contribution < -0.4 is 0 Å². The van der Waals surface area contributed by atoms with Gasteiger partial charge in [0.15, 0.2) is 0 Å². The summed E-state index contributed by atoms with van der Waals surface area (Å²) in [5.74, 6) is -0.345. The first-order chi connectivity index (χ1) is 6.68. The number of nitrogens with one attached hydrogen (secondary N) is 1. The molecule has 0 atom stereocenters. The average molecular weight is 276 g/mol. The number of benzene rings is 1. The van der Waals surface area contributed by atoms with Crippen LogP contribution in [0.5, 0.6) is 0 Å². The van der Waals surface area contributed by atoms with E-state index >= 15 is 0 Å². The highest BCUT2D eigenvalue weighted by Crippen LogP contribution is 2.28. The van der Waals surface area contributed by atoms with Crippen LogP contribution in [-0.2, 0) is 0 Å². The number of halogens is 3. The van der Waals surface area contributed by atoms with Gasteiger partial charge in [-0.2, -0.15) is 0 Å². The van der Waals surface area contributed by atoms with Gasteiger partial charge in [-0.15, -0.1) is 0 Å². The van der Waals surface area contributed by atoms with E-state index in [-0.39, 0.29) is 5.82 Å². The molecule has 72 valence electrons. The number of H-pyrrole nitrogens is 1. The normalized spacial score (nSPS) is 10.5. The van der Waals surface area contributed by atoms with Gasteiger partial charge in [0.2, 0.25) is 0 Å². The first-order valence-electron chi connectivity index (χ1n) is 3.83. The summed E-state index contributed by atoms with van der Waals surface area (Å²) in [7, 11) is 0. The lowest BCUT2D eigenvalue weighted by atomic mass is 10.1. The third-order valence-corrected chi connectivity index (χ3v) is 2.62. The fourth-order valence-corrected chi connectivity index (χ4v) is 1.74. The van der Waals surface area contributed by atoms with Crippen LogP contribution in [0.3, 0.4) is 0 Å². The van der Waals surface area contributed by atoms with Gasteiger partial charge >= 0.3 is 0 Å². The van der Waals surface area contributed by atoms with Crippen molar-refractivity contribution in [3.63, 3.8) is 0 Å². The summed E-state index contributed by atoms with van der Waals surface area (Å²) in [6.45, 7) is 0. The zero-order valence-corrected chi connectivity index (χ0v) is 9.23. The molecule has 0 saturated heterocycles. The highest BCUT2D eigenvalue weighted by Gasteiger charge is 2.11. The zero-order valence-electron chi connectivity index (χ0n) is 6.89. The number of aromatic amines is 1. The van der Waals surface area contributed by atoms with Gasteiger partial charge in [0.25, 0.3) is 0 Å². The molecule has 0 aliphatic rings. The van der Waals surface area contributed by atoms with Crippen molar-refractivity contribution >= 4 is 27.5 Å². The second-order valence-corrected chi connectivity index (χ2v) is 3.92. The van der Waals surface area contributed by atoms with Crippen LogP contribution in [-0.4, -0.2) is 9.97 Å². The maximum atomic E-state index is 13.4. The molecule has 0 spiro atoms. The smallest absolute Gasteiger partial charge is 0.132 e. The van der Waals surface area contributed by atoms with Crippen LogP contribution in [0.1, 0.15) is 0 Å². The van der Waals surface area contributed by atoms with E-state index in [4.69, 9.17) is 11.6 Å². The SMILES string of the molecule is Fc1ccc(Cl)cc1-c1nc[nH]c1Br. The van der Waals surface area contributed by atoms with Crippen LogP contribution in [0, 0.1) is 5.82 Å². The second-order valence-electron chi connectivity index (χ2n) is 2.69. The van der Waals surface area contributed by atoms with Crippen LogP contribution in [0.15, 0.2) is 29.1 Å². The van der Waals surface area contributed by atoms with E-state index in [2.05, 4.69) is 25.9 Å². The molecule has 5 heteroatoms. The largest absolute Gasteiger partial charge is 0.339 e. The van der Waals surface area contributed by atoms with Crippen molar-refractivity contribution in [1.29, 1.82) is 0 Å². The summed E-state index contributed by atoms with van der Waals surface area (Å²) in [6.07, 6.45) is 1.49. The van der Waals surface area contributed by atoms with Gasteiger partial charge in [-0.05, 0) is 34.1 Å². The number of nitrogens with zero attached hydrogens (tertiary/aromatic N) is 1. The maximum absolute atomic E-state index is 13.4. The fourth-order valence-electron chi connectivity index (χ4n) is 1.15. The van der Waals surface area contributed by atoms with E-state index in [9.17, 15) is 4.39 Å². The number of hydrogen-bond donors (Lipinski definition) is 1. The molecule has 2 rings (SSSR count). The Morgan fingerprint density at radius 3 is 2.86 bits per heavy atom. The number of hydrogen-bond acceptors (Lipinski definition) is 1. The van der Waals surface area contributed by atoms with Crippen LogP contribution in [0.2, 0.25) is 5.02 Å². The maximum Gasteiger partial charge on any atom is 0.132 e. The van der Waals surface area contributed by atoms with E-state index in [0.29, 0.717) is 20.9 Å². The molecule has 1 aromatic heterocycles. The minimum absolute atomic E-state index is 0.345. The first-order valence-corrected chi connectivity index (χ1v) is 5.00. The van der Waals surface area contributed by atoms with Crippen molar-refractivity contribution in [1.82, 2.24) is 9.97 Å². The molecule has 0 aliphatic heterocycles. The molecule has 1 N–H and O–H groups in total. The van der Waals surface area contributed by atoms with Crippen molar-refractivity contribution in [2.24, 2.45) is 0 Å². The Balaban J connectivity index is 2.62. The van der Waals surface area contributed by atoms with Gasteiger partial charge in [-0.3, -0.25) is 0 Å². The predicted molar refractivity (Wildman–Crippen MR) is 56.7 cm³/mol. The lowest BCUT2D eigenvalue weighted by Gasteiger charge is -2.00. The highest BCUT2D eigenvalue weighted by molar-refractivity contribution is 9.10. The summed E-state index contributed by atoms with van der Waals surface area (Å²) >= 11 is 9.00. The monoisotopic (exact) mass is 274 g/mol. The van der Waals surface area contributed by atoms with E-state index in [1.165, 1.54) is 24.5 Å². The molecule has 14 heavy (non-hydrogen) atoms. The Labute approximate surface area is 93.3 Å². The number of aromatic nitrogens is 2. The van der Waals surface area contributed by atoms with Crippen LogP contribution in [0.4, 0.5) is 4.39 Å². The second kappa shape index (κ2) is 3.71. The van der Waals surface area contributed by atoms with Crippen molar-refractivity contribution in [2.75, 3.05) is 0 Å². The summed E-state index contributed by atoms with van der Waals surface area (Å²) in [5.41, 5.74) is 0.899. The molecule has 2 aromatic rings. The quantitative estimate of drug-likeness (QED) is 0.846. The Morgan fingerprint density at radius 2 is 2.21 bits per heavy atom. The summed E-state index contributed by atoms with van der Waals surface area (Å²) in [6, 6.07) is 4.36. The fraction of sp³-hybridized carbons (Fsp3) is 0. The molecule has 0 unspecified atom stereocenters. The van der Waals surface area contributed by atoms with Crippen molar-refractivity contribution in [3.8, 4) is 11.3 Å². The molecule has 0 amide bonds. The molecule has 1 heterocycles. The summed E-state index contributed by atoms with van der Waals surface area (Å²) in [4.78, 5) is 6.80. The zero-order chi connectivity index (χ0) is 10.1. The first kappa shape index (κ1) is 9.68. The van der Waals surface area contributed by atoms with Crippen LogP contribution >= 0.6 is 27.5 Å². The topological polar surface area (TPSA) is 28.7 Å². The molecule has 0 bridgehead atoms. The Morgan fingerprint density at radius 1 is 1.43 bits per heavy atom. The van der Waals surface area contributed by atoms with Crippen LogP contribution in [0.25, 0.3) is 11.3 Å². The number of rotatable bonds is 1. The Kier molecular flexibility index (Phi) is 2.56. The van der Waals surface area contributed by atoms with Gasteiger partial charge in [-0.25, -0.2) is 9.37 Å². The molecule has 0 fully saturated rings. The van der Waals surface area contributed by atoms with E-state index in [1.54, 1.807) is 0 Å². The van der Waals surface area contributed by atoms with Gasteiger partial charge in [0.1, 0.15) is 16.1 Å². The minimum atomic E-state index is -0.345. The molecule has 1 aromatic carbocycles.